The molecule has 242 valence electrons. The molecule has 0 saturated heterocycles. The van der Waals surface area contributed by atoms with Crippen LogP contribution >= 0.6 is 0 Å². The average molecular weight is 683 g/mol. The van der Waals surface area contributed by atoms with E-state index in [0.29, 0.717) is 44.4 Å². The van der Waals surface area contributed by atoms with E-state index in [0.717, 1.165) is 6.07 Å². The topological polar surface area (TPSA) is 145 Å². The van der Waals surface area contributed by atoms with Crippen molar-refractivity contribution in [2.45, 2.75) is 13.3 Å². The maximum atomic E-state index is 13.9. The van der Waals surface area contributed by atoms with Crippen LogP contribution in [0, 0.1) is 60.6 Å². The highest BCUT2D eigenvalue weighted by Gasteiger charge is 2.35. The number of aryl methyl sites for hydroxylation is 1. The quantitative estimate of drug-likeness (QED) is 0.132. The lowest BCUT2D eigenvalue weighted by atomic mass is 9.92. The number of alkyl halides is 3. The molecule has 7 rings (SSSR count). The lowest BCUT2D eigenvalue weighted by Gasteiger charge is -2.16. The zero-order valence-corrected chi connectivity index (χ0v) is 26.3. The second-order valence-electron chi connectivity index (χ2n) is 11.2. The van der Waals surface area contributed by atoms with Gasteiger partial charge in [0.05, 0.1) is 23.7 Å². The Balaban J connectivity index is 1.49. The predicted octanol–water partition coefficient (Wildman–Crippen LogP) is 9.14. The maximum absolute atomic E-state index is 13.9. The van der Waals surface area contributed by atoms with E-state index in [4.69, 9.17) is 19.7 Å². The summed E-state index contributed by atoms with van der Waals surface area (Å²) in [5, 5.41) is 28.8. The molecule has 6 aromatic rings. The lowest BCUT2D eigenvalue weighted by Crippen LogP contribution is -2.17. The molecule has 1 aliphatic carbocycles. The average Bonchev–Trinajstić information content (AvgIpc) is 3.43. The molecule has 0 saturated carbocycles. The maximum Gasteiger partial charge on any atom is 0.573 e. The monoisotopic (exact) mass is 682 g/mol. The highest BCUT2D eigenvalue weighted by atomic mass is 19.4. The molecule has 4 aromatic carbocycles. The molecule has 0 unspecified atom stereocenters. The number of halogens is 3. The lowest BCUT2D eigenvalue weighted by molar-refractivity contribution is -0.274. The highest BCUT2D eigenvalue weighted by Crippen LogP contribution is 2.52. The Kier molecular flexibility index (Phi) is 7.51. The number of nitriles is 3. The van der Waals surface area contributed by atoms with Gasteiger partial charge in [0, 0.05) is 11.1 Å². The number of benzene rings is 4. The Hall–Kier alpha value is -8.17. The van der Waals surface area contributed by atoms with E-state index < -0.39 is 12.1 Å². The minimum atomic E-state index is -5.12. The first-order valence-corrected chi connectivity index (χ1v) is 14.8. The molecule has 14 heteroatoms. The summed E-state index contributed by atoms with van der Waals surface area (Å²) in [7, 11) is 0. The van der Waals surface area contributed by atoms with Crippen LogP contribution in [0.25, 0.3) is 75.6 Å². The summed E-state index contributed by atoms with van der Waals surface area (Å²) < 4.78 is 46.2. The predicted molar refractivity (Wildman–Crippen MR) is 181 cm³/mol. The number of fused-ring (bicyclic) bond motifs is 5. The van der Waals surface area contributed by atoms with Gasteiger partial charge in [0.25, 0.3) is 17.3 Å². The van der Waals surface area contributed by atoms with Gasteiger partial charge in [-0.3, -0.25) is 0 Å². The molecule has 0 aliphatic heterocycles. The zero-order chi connectivity index (χ0) is 36.9. The summed E-state index contributed by atoms with van der Waals surface area (Å²) in [6, 6.07) is 21.1. The summed E-state index contributed by atoms with van der Waals surface area (Å²) in [4.78, 5) is 26.9. The van der Waals surface area contributed by atoms with Crippen molar-refractivity contribution in [1.29, 1.82) is 15.8 Å². The first-order chi connectivity index (χ1) is 25.0. The first kappa shape index (κ1) is 32.4. The van der Waals surface area contributed by atoms with Crippen LogP contribution in [0.3, 0.4) is 0 Å². The molecule has 0 spiro atoms. The van der Waals surface area contributed by atoms with Crippen LogP contribution in [-0.2, 0) is 0 Å². The molecule has 0 N–H and O–H groups in total. The largest absolute Gasteiger partial charge is 0.573 e. The molecule has 0 radical (unpaired) electrons. The van der Waals surface area contributed by atoms with Gasteiger partial charge in [-0.1, -0.05) is 25.3 Å². The Morgan fingerprint density at radius 2 is 1.17 bits per heavy atom. The fourth-order valence-corrected chi connectivity index (χ4v) is 6.16. The van der Waals surface area contributed by atoms with Crippen molar-refractivity contribution >= 4 is 39.3 Å². The zero-order valence-electron chi connectivity index (χ0n) is 26.3. The van der Waals surface area contributed by atoms with Crippen LogP contribution in [0.4, 0.5) is 24.8 Å². The van der Waals surface area contributed by atoms with E-state index in [2.05, 4.69) is 39.2 Å². The number of rotatable bonds is 3. The van der Waals surface area contributed by atoms with E-state index in [-0.39, 0.29) is 62.0 Å². The minimum Gasteiger partial charge on any atom is -0.405 e. The Labute approximate surface area is 291 Å². The smallest absolute Gasteiger partial charge is 0.405 e. The van der Waals surface area contributed by atoms with Crippen molar-refractivity contribution in [2.75, 3.05) is 0 Å². The van der Waals surface area contributed by atoms with Gasteiger partial charge in [0.15, 0.2) is 11.4 Å². The molecular weight excluding hydrogens is 669 g/mol. The van der Waals surface area contributed by atoms with Crippen molar-refractivity contribution in [2.24, 2.45) is 0 Å². The fourth-order valence-electron chi connectivity index (χ4n) is 6.16. The van der Waals surface area contributed by atoms with E-state index in [1.807, 2.05) is 6.07 Å². The van der Waals surface area contributed by atoms with E-state index in [1.54, 1.807) is 49.4 Å². The molecule has 1 aliphatic rings. The van der Waals surface area contributed by atoms with E-state index in [1.165, 1.54) is 24.3 Å². The van der Waals surface area contributed by atoms with Gasteiger partial charge in [0.2, 0.25) is 11.0 Å². The van der Waals surface area contributed by atoms with Crippen molar-refractivity contribution in [3.05, 3.63) is 129 Å². The normalized spacial score (nSPS) is 12.3. The first-order valence-electron chi connectivity index (χ1n) is 14.8. The van der Waals surface area contributed by atoms with Crippen molar-refractivity contribution in [3.63, 3.8) is 0 Å². The molecule has 52 heavy (non-hydrogen) atoms. The number of allylic oxidation sites excluding steroid dienone is 1. The Morgan fingerprint density at radius 1 is 0.654 bits per heavy atom. The Bertz CT molecular complexity index is 2890. The molecule has 11 nitrogen and oxygen atoms in total. The third-order valence-corrected chi connectivity index (χ3v) is 8.33. The second kappa shape index (κ2) is 12.1. The standard InChI is InChI=1S/C38H13F3N10O/c1-18-9-25-23(12-21(18)19-5-8-28-30(10-19)51-37(47-4)36(46-3)50-28)24-13-22(20-6-7-27-29(11-20)49-32(16-43)31(15-42)48-27)34(52-38(39,40)41)14-26(24)35(25)33(17-44)45-2/h5-14H,1H3/b35-33+. The summed E-state index contributed by atoms with van der Waals surface area (Å²) in [5.74, 6) is -0.871. The van der Waals surface area contributed by atoms with Gasteiger partial charge >= 0.3 is 6.36 Å². The molecule has 2 heterocycles. The molecular formula is C38H13F3N10O. The highest BCUT2D eigenvalue weighted by molar-refractivity contribution is 6.07. The second-order valence-corrected chi connectivity index (χ2v) is 11.2. The Morgan fingerprint density at radius 3 is 1.73 bits per heavy atom. The number of ether oxygens (including phenoxy) is 1. The molecule has 2 aromatic heterocycles. The van der Waals surface area contributed by atoms with E-state index in [9.17, 15) is 29.0 Å². The van der Waals surface area contributed by atoms with Gasteiger partial charge in [-0.05, 0) is 100.0 Å². The molecule has 0 atom stereocenters. The van der Waals surface area contributed by atoms with Gasteiger partial charge in [-0.15, -0.1) is 23.1 Å². The SMILES string of the molecule is [C-]#[N+]/C(C#N)=C1\c2cc(C)c(-c3ccc4nc([N+]#[C-])c([N+]#[C-])nc4c3)cc2-c2cc(-c3ccc4nc(C#N)c(C#N)nc4c3)c(OC(F)(F)F)cc21. The van der Waals surface area contributed by atoms with Crippen molar-refractivity contribution in [1.82, 2.24) is 19.9 Å². The van der Waals surface area contributed by atoms with Crippen LogP contribution in [0.5, 0.6) is 5.75 Å². The number of hydrogen-bond donors (Lipinski definition) is 0. The van der Waals surface area contributed by atoms with Crippen LogP contribution in [0.1, 0.15) is 28.1 Å². The summed E-state index contributed by atoms with van der Waals surface area (Å²) in [6.45, 7) is 24.2. The van der Waals surface area contributed by atoms with Crippen LogP contribution in [0.15, 0.2) is 66.4 Å². The van der Waals surface area contributed by atoms with Gasteiger partial charge in [-0.2, -0.15) is 10.5 Å². The third kappa shape index (κ3) is 5.29. The summed E-state index contributed by atoms with van der Waals surface area (Å²) >= 11 is 0. The van der Waals surface area contributed by atoms with Gasteiger partial charge < -0.3 is 14.4 Å². The van der Waals surface area contributed by atoms with Crippen LogP contribution in [-0.4, -0.2) is 26.3 Å². The van der Waals surface area contributed by atoms with Crippen molar-refractivity contribution in [3.8, 4) is 57.3 Å². The van der Waals surface area contributed by atoms with Crippen molar-refractivity contribution < 1.29 is 17.9 Å². The van der Waals surface area contributed by atoms with Crippen LogP contribution in [0.2, 0.25) is 0 Å². The van der Waals surface area contributed by atoms with Gasteiger partial charge in [-0.25, -0.2) is 20.1 Å². The number of nitrogens with zero attached hydrogens (tertiary/aromatic N) is 10. The number of hydrogen-bond acceptors (Lipinski definition) is 8. The fraction of sp³-hybridized carbons (Fsp3) is 0.0526. The number of aromatic nitrogens is 4. The van der Waals surface area contributed by atoms with E-state index >= 15 is 0 Å². The summed E-state index contributed by atoms with van der Waals surface area (Å²) in [6.07, 6.45) is -5.12. The molecule has 0 bridgehead atoms. The third-order valence-electron chi connectivity index (χ3n) is 8.33. The summed E-state index contributed by atoms with van der Waals surface area (Å²) in [5.41, 5.74) is 4.31. The molecule has 0 fully saturated rings. The molecule has 0 amide bonds. The minimum absolute atomic E-state index is 0.0125. The van der Waals surface area contributed by atoms with Gasteiger partial charge in [0.1, 0.15) is 17.9 Å². The van der Waals surface area contributed by atoms with Crippen LogP contribution < -0.4 is 4.74 Å².